The minimum atomic E-state index is -0.793. The summed E-state index contributed by atoms with van der Waals surface area (Å²) in [5.74, 6) is 0.210. The van der Waals surface area contributed by atoms with Crippen molar-refractivity contribution < 1.29 is 14.6 Å². The number of carbonyl (C=O) groups is 1. The number of nitrogens with one attached hydrogen (secondary N) is 1. The van der Waals surface area contributed by atoms with E-state index in [2.05, 4.69) is 34.3 Å². The summed E-state index contributed by atoms with van der Waals surface area (Å²) < 4.78 is 4.99. The second-order valence-electron chi connectivity index (χ2n) is 8.50. The van der Waals surface area contributed by atoms with Gasteiger partial charge in [-0.05, 0) is 68.6 Å². The van der Waals surface area contributed by atoms with Crippen LogP contribution < -0.4 is 10.1 Å². The van der Waals surface area contributed by atoms with Crippen molar-refractivity contribution in [1.29, 1.82) is 0 Å². The van der Waals surface area contributed by atoms with Crippen LogP contribution in [0.15, 0.2) is 24.5 Å². The summed E-state index contributed by atoms with van der Waals surface area (Å²) >= 11 is 0. The molecule has 0 amide bonds. The minimum Gasteiger partial charge on any atom is -0.481 e. The standard InChI is InChI=1S/C24H34N4O3/c1-17-8-7-10-18-12-13-21(28-23(18)27-17)11-6-4-3-5-9-19(14-22(29)30)20-15-25-24(31-2)26-16-20/h12-13,15-17,19H,3-11,14H2,1-2H3,(H,27,28)(H,29,30)/t17?,19-/m0/s1. The molecule has 3 heterocycles. The molecule has 1 unspecified atom stereocenters. The van der Waals surface area contributed by atoms with Gasteiger partial charge in [0.25, 0.3) is 0 Å². The van der Waals surface area contributed by atoms with Gasteiger partial charge < -0.3 is 15.2 Å². The van der Waals surface area contributed by atoms with E-state index in [4.69, 9.17) is 9.72 Å². The quantitative estimate of drug-likeness (QED) is 0.500. The average Bonchev–Trinajstić information content (AvgIpc) is 2.95. The fraction of sp³-hybridized carbons (Fsp3) is 0.583. The molecule has 7 nitrogen and oxygen atoms in total. The van der Waals surface area contributed by atoms with Crippen LogP contribution in [0.25, 0.3) is 0 Å². The molecular weight excluding hydrogens is 392 g/mol. The zero-order chi connectivity index (χ0) is 22.1. The molecule has 1 aliphatic heterocycles. The first kappa shape index (κ1) is 23.0. The Morgan fingerprint density at radius 2 is 2.00 bits per heavy atom. The highest BCUT2D eigenvalue weighted by Gasteiger charge is 2.17. The van der Waals surface area contributed by atoms with Gasteiger partial charge in [-0.15, -0.1) is 0 Å². The molecule has 1 aliphatic rings. The van der Waals surface area contributed by atoms with Crippen molar-refractivity contribution >= 4 is 11.8 Å². The van der Waals surface area contributed by atoms with Crippen LogP contribution in [0.4, 0.5) is 5.82 Å². The molecule has 2 atom stereocenters. The number of hydrogen-bond acceptors (Lipinski definition) is 6. The zero-order valence-electron chi connectivity index (χ0n) is 18.6. The third-order valence-corrected chi connectivity index (χ3v) is 5.96. The fourth-order valence-corrected chi connectivity index (χ4v) is 4.19. The molecule has 2 aromatic heterocycles. The van der Waals surface area contributed by atoms with Gasteiger partial charge in [0.05, 0.1) is 13.5 Å². The predicted octanol–water partition coefficient (Wildman–Crippen LogP) is 4.77. The number of hydrogen-bond donors (Lipinski definition) is 2. The van der Waals surface area contributed by atoms with Crippen LogP contribution in [0.1, 0.15) is 81.0 Å². The van der Waals surface area contributed by atoms with Crippen LogP contribution in [-0.4, -0.2) is 39.2 Å². The highest BCUT2D eigenvalue weighted by atomic mass is 16.5. The van der Waals surface area contributed by atoms with Crippen molar-refractivity contribution in [2.75, 3.05) is 12.4 Å². The van der Waals surface area contributed by atoms with Crippen molar-refractivity contribution in [1.82, 2.24) is 15.0 Å². The van der Waals surface area contributed by atoms with E-state index in [-0.39, 0.29) is 12.3 Å². The molecule has 2 aromatic rings. The van der Waals surface area contributed by atoms with E-state index in [1.807, 2.05) is 0 Å². The van der Waals surface area contributed by atoms with Crippen molar-refractivity contribution in [3.05, 3.63) is 41.3 Å². The summed E-state index contributed by atoms with van der Waals surface area (Å²) in [5, 5.41) is 12.8. The third kappa shape index (κ3) is 7.19. The van der Waals surface area contributed by atoms with Crippen molar-refractivity contribution in [3.63, 3.8) is 0 Å². The number of ether oxygens (including phenoxy) is 1. The highest BCUT2D eigenvalue weighted by molar-refractivity contribution is 5.68. The van der Waals surface area contributed by atoms with Crippen LogP contribution in [0, 0.1) is 0 Å². The Morgan fingerprint density at radius 1 is 1.23 bits per heavy atom. The Bertz CT molecular complexity index is 841. The molecule has 0 saturated carbocycles. The first-order valence-corrected chi connectivity index (χ1v) is 11.4. The number of fused-ring (bicyclic) bond motifs is 1. The SMILES string of the molecule is COc1ncc([C@@H](CCCCCCc2ccc3c(n2)NC(C)CCC3)CC(=O)O)cn1. The third-order valence-electron chi connectivity index (χ3n) is 5.96. The molecule has 0 aliphatic carbocycles. The monoisotopic (exact) mass is 426 g/mol. The fourth-order valence-electron chi connectivity index (χ4n) is 4.19. The molecule has 0 spiro atoms. The topological polar surface area (TPSA) is 97.2 Å². The molecule has 0 radical (unpaired) electrons. The number of unbranched alkanes of at least 4 members (excludes halogenated alkanes) is 3. The molecule has 168 valence electrons. The van der Waals surface area contributed by atoms with Gasteiger partial charge in [-0.3, -0.25) is 4.79 Å². The number of rotatable bonds is 11. The predicted molar refractivity (Wildman–Crippen MR) is 121 cm³/mol. The summed E-state index contributed by atoms with van der Waals surface area (Å²) in [6, 6.07) is 5.19. The largest absolute Gasteiger partial charge is 0.481 e. The van der Waals surface area contributed by atoms with Gasteiger partial charge in [0.15, 0.2) is 0 Å². The lowest BCUT2D eigenvalue weighted by molar-refractivity contribution is -0.137. The Labute approximate surface area is 184 Å². The van der Waals surface area contributed by atoms with Crippen molar-refractivity contribution in [2.24, 2.45) is 0 Å². The Morgan fingerprint density at radius 3 is 2.74 bits per heavy atom. The maximum absolute atomic E-state index is 11.3. The summed E-state index contributed by atoms with van der Waals surface area (Å²) in [7, 11) is 1.52. The lowest BCUT2D eigenvalue weighted by Crippen LogP contribution is -2.14. The number of pyridine rings is 1. The molecule has 0 fully saturated rings. The maximum atomic E-state index is 11.3. The average molecular weight is 427 g/mol. The van der Waals surface area contributed by atoms with Crippen molar-refractivity contribution in [2.45, 2.75) is 83.1 Å². The van der Waals surface area contributed by atoms with Gasteiger partial charge >= 0.3 is 12.0 Å². The summed E-state index contributed by atoms with van der Waals surface area (Å²) in [5.41, 5.74) is 3.35. The second-order valence-corrected chi connectivity index (χ2v) is 8.50. The lowest BCUT2D eigenvalue weighted by Gasteiger charge is -2.15. The smallest absolute Gasteiger partial charge is 0.316 e. The normalized spacial score (nSPS) is 16.6. The van der Waals surface area contributed by atoms with E-state index >= 15 is 0 Å². The molecule has 3 rings (SSSR count). The molecule has 0 aromatic carbocycles. The van der Waals surface area contributed by atoms with E-state index < -0.39 is 5.97 Å². The Balaban J connectivity index is 1.42. The van der Waals surface area contributed by atoms with E-state index in [1.165, 1.54) is 25.5 Å². The van der Waals surface area contributed by atoms with E-state index in [0.717, 1.165) is 62.0 Å². The number of anilines is 1. The summed E-state index contributed by atoms with van der Waals surface area (Å²) in [6.07, 6.45) is 13.0. The van der Waals surface area contributed by atoms with Crippen LogP contribution in [0.5, 0.6) is 6.01 Å². The highest BCUT2D eigenvalue weighted by Crippen LogP contribution is 2.26. The van der Waals surface area contributed by atoms with Gasteiger partial charge in [0, 0.05) is 24.1 Å². The van der Waals surface area contributed by atoms with Gasteiger partial charge in [-0.2, -0.15) is 0 Å². The number of nitrogens with zero attached hydrogens (tertiary/aromatic N) is 3. The van der Waals surface area contributed by atoms with Crippen LogP contribution in [0.2, 0.25) is 0 Å². The molecular formula is C24H34N4O3. The number of methoxy groups -OCH3 is 1. The van der Waals surface area contributed by atoms with Gasteiger partial charge in [0.1, 0.15) is 5.82 Å². The van der Waals surface area contributed by atoms with E-state index in [9.17, 15) is 9.90 Å². The Hall–Kier alpha value is -2.70. The van der Waals surface area contributed by atoms with Crippen LogP contribution in [0.3, 0.4) is 0 Å². The molecule has 31 heavy (non-hydrogen) atoms. The minimum absolute atomic E-state index is 0.0669. The van der Waals surface area contributed by atoms with Crippen LogP contribution in [-0.2, 0) is 17.6 Å². The Kier molecular flexibility index (Phi) is 8.62. The molecule has 2 N–H and O–H groups in total. The number of carboxylic acid groups (broad SMARTS) is 1. The van der Waals surface area contributed by atoms with Crippen molar-refractivity contribution in [3.8, 4) is 6.01 Å². The lowest BCUT2D eigenvalue weighted by atomic mass is 9.92. The van der Waals surface area contributed by atoms with Gasteiger partial charge in [-0.1, -0.05) is 25.3 Å². The first-order valence-electron chi connectivity index (χ1n) is 11.4. The maximum Gasteiger partial charge on any atom is 0.316 e. The molecule has 0 bridgehead atoms. The first-order chi connectivity index (χ1) is 15.0. The number of aromatic nitrogens is 3. The second kappa shape index (κ2) is 11.6. The number of carboxylic acids is 1. The van der Waals surface area contributed by atoms with Gasteiger partial charge in [-0.25, -0.2) is 15.0 Å². The summed E-state index contributed by atoms with van der Waals surface area (Å²) in [6.45, 7) is 2.22. The van der Waals surface area contributed by atoms with E-state index in [0.29, 0.717) is 12.1 Å². The zero-order valence-corrected chi connectivity index (χ0v) is 18.6. The van der Waals surface area contributed by atoms with Gasteiger partial charge in [0.2, 0.25) is 0 Å². The number of aliphatic carboxylic acids is 1. The summed E-state index contributed by atoms with van der Waals surface area (Å²) in [4.78, 5) is 24.4. The van der Waals surface area contributed by atoms with E-state index in [1.54, 1.807) is 12.4 Å². The number of aryl methyl sites for hydroxylation is 2. The molecule has 7 heteroatoms. The van der Waals surface area contributed by atoms with Crippen LogP contribution >= 0.6 is 0 Å². The molecule has 0 saturated heterocycles.